The summed E-state index contributed by atoms with van der Waals surface area (Å²) in [5, 5.41) is 58.7. The number of aliphatic hydroxyl groups excluding tert-OH is 3. The molecule has 1 aromatic carbocycles. The standard InChI is InChI=1S/C26H29N3O10/c1-5-8-39-25(37)28-11-7-6-10-9(2)12-14(19(31)13(10)18(11)30)22(34)26(38)16(20(12)32)17(29(3)4)21(33)15(23(26)35)24(27)36/h5-7,9,12,16-17,20,30-32,35,38H,1,8H2,2-4H3,(H2,27,36)(H,28,37)/t9-,12?,16?,17-,20-,26-/m0/s1. The molecule has 3 aliphatic carbocycles. The molecule has 1 aromatic rings. The molecule has 8 N–H and O–H groups in total. The van der Waals surface area contributed by atoms with Crippen molar-refractivity contribution in [3.05, 3.63) is 52.8 Å². The summed E-state index contributed by atoms with van der Waals surface area (Å²) >= 11 is 0. The van der Waals surface area contributed by atoms with E-state index in [0.717, 1.165) is 0 Å². The molecule has 0 radical (unpaired) electrons. The van der Waals surface area contributed by atoms with Gasteiger partial charge in [0.05, 0.1) is 29.3 Å². The van der Waals surface area contributed by atoms with E-state index in [4.69, 9.17) is 10.5 Å². The summed E-state index contributed by atoms with van der Waals surface area (Å²) in [4.78, 5) is 52.5. The molecule has 4 rings (SSSR count). The zero-order valence-electron chi connectivity index (χ0n) is 21.3. The smallest absolute Gasteiger partial charge is 0.412 e. The molecule has 6 atom stereocenters. The molecule has 13 nitrogen and oxygen atoms in total. The number of anilines is 1. The molecule has 0 bridgehead atoms. The van der Waals surface area contributed by atoms with Crippen molar-refractivity contribution in [2.45, 2.75) is 30.6 Å². The van der Waals surface area contributed by atoms with Crippen LogP contribution in [0, 0.1) is 11.8 Å². The van der Waals surface area contributed by atoms with Crippen molar-refractivity contribution in [3.63, 3.8) is 0 Å². The number of nitrogens with zero attached hydrogens (tertiary/aromatic N) is 1. The minimum Gasteiger partial charge on any atom is -0.508 e. The molecule has 0 aliphatic heterocycles. The minimum absolute atomic E-state index is 0.113. The molecule has 2 amide bonds. The lowest BCUT2D eigenvalue weighted by atomic mass is 9.54. The van der Waals surface area contributed by atoms with Gasteiger partial charge in [0.1, 0.15) is 29.4 Å². The first-order chi connectivity index (χ1) is 18.2. The number of hydrogen-bond acceptors (Lipinski definition) is 11. The third-order valence-corrected chi connectivity index (χ3v) is 7.70. The number of primary amides is 1. The number of aromatic hydroxyl groups is 1. The Morgan fingerprint density at radius 3 is 2.44 bits per heavy atom. The molecule has 208 valence electrons. The number of Topliss-reactive ketones (excluding diaryl/α,β-unsaturated/α-hetero) is 2. The summed E-state index contributed by atoms with van der Waals surface area (Å²) < 4.78 is 4.83. The Bertz CT molecular complexity index is 1380. The number of aliphatic hydroxyl groups is 4. The highest BCUT2D eigenvalue weighted by Gasteiger charge is 2.68. The second-order valence-corrected chi connectivity index (χ2v) is 9.99. The fourth-order valence-electron chi connectivity index (χ4n) is 6.00. The van der Waals surface area contributed by atoms with Crippen molar-refractivity contribution in [3.8, 4) is 5.75 Å². The van der Waals surface area contributed by atoms with E-state index in [1.54, 1.807) is 6.92 Å². The average molecular weight is 544 g/mol. The zero-order valence-corrected chi connectivity index (χ0v) is 21.3. The van der Waals surface area contributed by atoms with E-state index in [0.29, 0.717) is 5.56 Å². The molecule has 3 aliphatic rings. The predicted octanol–water partition coefficient (Wildman–Crippen LogP) is 0.230. The number of likely N-dealkylation sites (N-methyl/N-ethyl adjacent to an activating group) is 1. The van der Waals surface area contributed by atoms with E-state index in [-0.39, 0.29) is 17.9 Å². The maximum absolute atomic E-state index is 13.9. The molecular weight excluding hydrogens is 514 g/mol. The van der Waals surface area contributed by atoms with Crippen molar-refractivity contribution >= 4 is 35.0 Å². The monoisotopic (exact) mass is 543 g/mol. The molecule has 1 fully saturated rings. The van der Waals surface area contributed by atoms with Crippen LogP contribution in [0.25, 0.3) is 5.76 Å². The Kier molecular flexibility index (Phi) is 6.79. The lowest BCUT2D eigenvalue weighted by molar-refractivity contribution is -0.169. The van der Waals surface area contributed by atoms with Crippen molar-refractivity contribution in [2.24, 2.45) is 17.6 Å². The van der Waals surface area contributed by atoms with Gasteiger partial charge in [0.25, 0.3) is 5.91 Å². The summed E-state index contributed by atoms with van der Waals surface area (Å²) in [5.41, 5.74) is 0.618. The van der Waals surface area contributed by atoms with E-state index in [1.165, 1.54) is 37.2 Å². The van der Waals surface area contributed by atoms with Gasteiger partial charge in [-0.1, -0.05) is 25.6 Å². The third-order valence-electron chi connectivity index (χ3n) is 7.70. The lowest BCUT2D eigenvalue weighted by Gasteiger charge is -2.53. The highest BCUT2D eigenvalue weighted by atomic mass is 16.5. The number of ketones is 2. The van der Waals surface area contributed by atoms with Crippen LogP contribution >= 0.6 is 0 Å². The number of phenols is 1. The number of nitrogens with one attached hydrogen (secondary N) is 1. The number of nitrogens with two attached hydrogens (primary N) is 1. The molecule has 0 heterocycles. The first-order valence-electron chi connectivity index (χ1n) is 11.9. The van der Waals surface area contributed by atoms with E-state index in [2.05, 4.69) is 11.9 Å². The van der Waals surface area contributed by atoms with Crippen LogP contribution in [0.5, 0.6) is 5.75 Å². The summed E-state index contributed by atoms with van der Waals surface area (Å²) in [6.45, 7) is 4.91. The molecule has 1 saturated carbocycles. The summed E-state index contributed by atoms with van der Waals surface area (Å²) in [7, 11) is 2.85. The van der Waals surface area contributed by atoms with Crippen LogP contribution in [-0.4, -0.2) is 92.4 Å². The van der Waals surface area contributed by atoms with Crippen LogP contribution < -0.4 is 11.1 Å². The largest absolute Gasteiger partial charge is 0.508 e. The number of rotatable bonds is 5. The Morgan fingerprint density at radius 1 is 1.23 bits per heavy atom. The number of carbonyl (C=O) groups is 4. The Balaban J connectivity index is 1.94. The topological polar surface area (TPSA) is 220 Å². The van der Waals surface area contributed by atoms with Gasteiger partial charge in [-0.05, 0) is 31.6 Å². The van der Waals surface area contributed by atoms with Gasteiger partial charge < -0.3 is 36.0 Å². The van der Waals surface area contributed by atoms with E-state index >= 15 is 0 Å². The van der Waals surface area contributed by atoms with Crippen molar-refractivity contribution in [1.82, 2.24) is 4.90 Å². The van der Waals surface area contributed by atoms with Crippen LogP contribution in [0.3, 0.4) is 0 Å². The zero-order chi connectivity index (χ0) is 29.1. The second-order valence-electron chi connectivity index (χ2n) is 9.99. The molecule has 13 heteroatoms. The maximum atomic E-state index is 13.9. The molecule has 39 heavy (non-hydrogen) atoms. The van der Waals surface area contributed by atoms with E-state index < -0.39 is 87.5 Å². The number of hydrogen-bond donors (Lipinski definition) is 7. The van der Waals surface area contributed by atoms with Gasteiger partial charge in [-0.3, -0.25) is 24.6 Å². The molecule has 2 unspecified atom stereocenters. The average Bonchev–Trinajstić information content (AvgIpc) is 2.85. The number of carbonyl (C=O) groups excluding carboxylic acids is 4. The van der Waals surface area contributed by atoms with Crippen LogP contribution in [0.2, 0.25) is 0 Å². The van der Waals surface area contributed by atoms with Crippen molar-refractivity contribution in [1.29, 1.82) is 0 Å². The van der Waals surface area contributed by atoms with Crippen molar-refractivity contribution < 1.29 is 49.4 Å². The van der Waals surface area contributed by atoms with Crippen LogP contribution in [0.1, 0.15) is 24.0 Å². The molecule has 0 aromatic heterocycles. The molecular formula is C26H29N3O10. The highest BCUT2D eigenvalue weighted by molar-refractivity contribution is 6.24. The normalized spacial score (nSPS) is 29.9. The minimum atomic E-state index is -3.01. The third kappa shape index (κ3) is 3.80. The lowest BCUT2D eigenvalue weighted by Crippen LogP contribution is -2.70. The first kappa shape index (κ1) is 27.8. The number of fused-ring (bicyclic) bond motifs is 3. The first-order valence-corrected chi connectivity index (χ1v) is 11.9. The second kappa shape index (κ2) is 9.52. The predicted molar refractivity (Wildman–Crippen MR) is 136 cm³/mol. The Morgan fingerprint density at radius 2 is 1.87 bits per heavy atom. The van der Waals surface area contributed by atoms with Crippen LogP contribution in [0.15, 0.2) is 41.7 Å². The quantitative estimate of drug-likeness (QED) is 0.151. The van der Waals surface area contributed by atoms with Gasteiger partial charge in [-0.15, -0.1) is 0 Å². The summed E-state index contributed by atoms with van der Waals surface area (Å²) in [6.07, 6.45) is -1.30. The Labute approximate surface area is 222 Å². The summed E-state index contributed by atoms with van der Waals surface area (Å²) in [5.74, 6) is -10.0. The van der Waals surface area contributed by atoms with Crippen LogP contribution in [-0.2, 0) is 19.1 Å². The fourth-order valence-corrected chi connectivity index (χ4v) is 6.00. The van der Waals surface area contributed by atoms with Gasteiger partial charge in [-0.2, -0.15) is 0 Å². The molecule has 0 saturated heterocycles. The van der Waals surface area contributed by atoms with Gasteiger partial charge in [-0.25, -0.2) is 4.79 Å². The van der Waals surface area contributed by atoms with Gasteiger partial charge in [0, 0.05) is 11.5 Å². The van der Waals surface area contributed by atoms with Crippen molar-refractivity contribution in [2.75, 3.05) is 26.0 Å². The SMILES string of the molecule is C=CCOC(=O)Nc1ccc2c(c1O)C(O)=C1C(=O)[C@]3(O)C(O)=C(C(N)=O)C(=O)[C@@H](N(C)C)C3[C@@H](O)C1[C@H]2C. The summed E-state index contributed by atoms with van der Waals surface area (Å²) in [6, 6.07) is 1.36. The number of phenolic OH excluding ortho intramolecular Hbond substituents is 1. The Hall–Kier alpha value is -4.20. The van der Waals surface area contributed by atoms with Gasteiger partial charge in [0.15, 0.2) is 11.4 Å². The van der Waals surface area contributed by atoms with E-state index in [9.17, 15) is 44.7 Å². The number of benzene rings is 1. The highest BCUT2D eigenvalue weighted by Crippen LogP contribution is 2.56. The molecule has 0 spiro atoms. The number of amides is 2. The van der Waals surface area contributed by atoms with Crippen LogP contribution in [0.4, 0.5) is 10.5 Å². The van der Waals surface area contributed by atoms with Gasteiger partial charge in [0.2, 0.25) is 5.78 Å². The maximum Gasteiger partial charge on any atom is 0.412 e. The van der Waals surface area contributed by atoms with Gasteiger partial charge >= 0.3 is 6.09 Å². The fraction of sp³-hybridized carbons (Fsp3) is 0.385. The number of ether oxygens (including phenoxy) is 1. The van der Waals surface area contributed by atoms with E-state index in [1.807, 2.05) is 0 Å².